The number of rotatable bonds is 6. The summed E-state index contributed by atoms with van der Waals surface area (Å²) in [4.78, 5) is 24.8. The zero-order valence-corrected chi connectivity index (χ0v) is 17.9. The van der Waals surface area contributed by atoms with E-state index in [1.165, 1.54) is 15.1 Å². The van der Waals surface area contributed by atoms with E-state index in [4.69, 9.17) is 11.6 Å². The van der Waals surface area contributed by atoms with Crippen LogP contribution in [0.3, 0.4) is 0 Å². The lowest BCUT2D eigenvalue weighted by Gasteiger charge is -2.30. The molecule has 11 heteroatoms. The first-order chi connectivity index (χ1) is 13.7. The number of piperidine rings is 1. The first-order valence-electron chi connectivity index (χ1n) is 9.25. The molecule has 0 aliphatic carbocycles. The molecule has 1 N–H and O–H groups in total. The number of carbonyl (C=O) groups excluding carboxylic acids is 1. The van der Waals surface area contributed by atoms with Crippen LogP contribution in [0.4, 0.5) is 0 Å². The molecule has 1 aromatic heterocycles. The van der Waals surface area contributed by atoms with Gasteiger partial charge in [0.05, 0.1) is 6.26 Å². The molecule has 2 heterocycles. The summed E-state index contributed by atoms with van der Waals surface area (Å²) in [6, 6.07) is 7.18. The number of nitrogens with zero attached hydrogens (tertiary/aromatic N) is 4. The average molecular weight is 442 g/mol. The molecule has 0 unspecified atom stereocenters. The molecule has 3 rings (SSSR count). The van der Waals surface area contributed by atoms with Crippen LogP contribution in [0.1, 0.15) is 30.1 Å². The summed E-state index contributed by atoms with van der Waals surface area (Å²) in [7, 11) is -1.72. The normalized spacial score (nSPS) is 18.0. The van der Waals surface area contributed by atoms with Crippen LogP contribution in [0.15, 0.2) is 29.1 Å². The molecule has 1 saturated heterocycles. The SMILES string of the molecule is Cn1c([C@H]2CCCN(S(C)(=O)=O)C2)nn(CC(=O)NCc2ccccc2Cl)c1=O. The van der Waals surface area contributed by atoms with Crippen LogP contribution >= 0.6 is 11.6 Å². The molecule has 1 amide bonds. The predicted octanol–water partition coefficient (Wildman–Crippen LogP) is 0.691. The Morgan fingerprint density at radius 2 is 2.07 bits per heavy atom. The number of aromatic nitrogens is 3. The zero-order chi connectivity index (χ0) is 21.2. The van der Waals surface area contributed by atoms with E-state index >= 15 is 0 Å². The van der Waals surface area contributed by atoms with E-state index in [2.05, 4.69) is 10.4 Å². The number of halogens is 1. The fraction of sp³-hybridized carbons (Fsp3) is 0.500. The summed E-state index contributed by atoms with van der Waals surface area (Å²) in [5.41, 5.74) is 0.365. The Bertz CT molecular complexity index is 1060. The van der Waals surface area contributed by atoms with Gasteiger partial charge in [0.1, 0.15) is 12.4 Å². The largest absolute Gasteiger partial charge is 0.350 e. The van der Waals surface area contributed by atoms with E-state index in [-0.39, 0.29) is 31.5 Å². The smallest absolute Gasteiger partial charge is 0.346 e. The van der Waals surface area contributed by atoms with Gasteiger partial charge in [-0.1, -0.05) is 29.8 Å². The van der Waals surface area contributed by atoms with Crippen molar-refractivity contribution in [1.29, 1.82) is 0 Å². The maximum Gasteiger partial charge on any atom is 0.346 e. The predicted molar refractivity (Wildman–Crippen MR) is 109 cm³/mol. The lowest BCUT2D eigenvalue weighted by Crippen LogP contribution is -2.39. The van der Waals surface area contributed by atoms with Gasteiger partial charge in [-0.25, -0.2) is 22.2 Å². The molecule has 9 nitrogen and oxygen atoms in total. The highest BCUT2D eigenvalue weighted by Crippen LogP contribution is 2.26. The Morgan fingerprint density at radius 1 is 1.34 bits per heavy atom. The van der Waals surface area contributed by atoms with Gasteiger partial charge in [0.15, 0.2) is 0 Å². The lowest BCUT2D eigenvalue weighted by molar-refractivity contribution is -0.122. The maximum absolute atomic E-state index is 12.5. The summed E-state index contributed by atoms with van der Waals surface area (Å²) in [6.45, 7) is 0.773. The van der Waals surface area contributed by atoms with Gasteiger partial charge in [0.25, 0.3) is 0 Å². The van der Waals surface area contributed by atoms with E-state index in [1.807, 2.05) is 12.1 Å². The van der Waals surface area contributed by atoms with Gasteiger partial charge in [-0.3, -0.25) is 9.36 Å². The summed E-state index contributed by atoms with van der Waals surface area (Å²) >= 11 is 6.08. The highest BCUT2D eigenvalue weighted by Gasteiger charge is 2.30. The van der Waals surface area contributed by atoms with Crippen LogP contribution in [0.25, 0.3) is 0 Å². The molecule has 158 valence electrons. The van der Waals surface area contributed by atoms with Crippen LogP contribution in [0.5, 0.6) is 0 Å². The minimum Gasteiger partial charge on any atom is -0.350 e. The summed E-state index contributed by atoms with van der Waals surface area (Å²) in [5.74, 6) is -0.0658. The van der Waals surface area contributed by atoms with Gasteiger partial charge in [-0.05, 0) is 24.5 Å². The molecule has 1 aromatic carbocycles. The number of benzene rings is 1. The van der Waals surface area contributed by atoms with Crippen LogP contribution in [-0.2, 0) is 35.0 Å². The van der Waals surface area contributed by atoms with Crippen molar-refractivity contribution in [3.05, 3.63) is 51.2 Å². The van der Waals surface area contributed by atoms with Gasteiger partial charge in [-0.15, -0.1) is 0 Å². The zero-order valence-electron chi connectivity index (χ0n) is 16.3. The van der Waals surface area contributed by atoms with E-state index in [0.717, 1.165) is 16.7 Å². The monoisotopic (exact) mass is 441 g/mol. The Morgan fingerprint density at radius 3 is 2.76 bits per heavy atom. The standard InChI is InChI=1S/C18H24ClN5O4S/c1-22-17(14-7-5-9-23(11-14)29(2,27)28)21-24(18(22)26)12-16(25)20-10-13-6-3-4-8-15(13)19/h3-4,6,8,14H,5,7,9-12H2,1-2H3,(H,20,25)/t14-/m0/s1. The van der Waals surface area contributed by atoms with Gasteiger partial charge in [0, 0.05) is 37.6 Å². The number of nitrogens with one attached hydrogen (secondary N) is 1. The third kappa shape index (κ3) is 5.06. The molecular formula is C18H24ClN5O4S. The molecule has 0 radical (unpaired) electrons. The molecule has 2 aromatic rings. The molecule has 0 saturated carbocycles. The minimum absolute atomic E-state index is 0.191. The van der Waals surface area contributed by atoms with Crippen molar-refractivity contribution in [2.75, 3.05) is 19.3 Å². The third-order valence-electron chi connectivity index (χ3n) is 5.02. The number of amides is 1. The van der Waals surface area contributed by atoms with E-state index in [9.17, 15) is 18.0 Å². The number of carbonyl (C=O) groups is 1. The highest BCUT2D eigenvalue weighted by atomic mass is 35.5. The van der Waals surface area contributed by atoms with Gasteiger partial charge in [-0.2, -0.15) is 5.10 Å². The summed E-state index contributed by atoms with van der Waals surface area (Å²) in [6.07, 6.45) is 2.60. The number of sulfonamides is 1. The van der Waals surface area contributed by atoms with Crippen LogP contribution < -0.4 is 11.0 Å². The molecule has 1 aliphatic heterocycles. The summed E-state index contributed by atoms with van der Waals surface area (Å²) in [5, 5.41) is 7.61. The Hall–Kier alpha value is -2.17. The summed E-state index contributed by atoms with van der Waals surface area (Å²) < 4.78 is 27.6. The van der Waals surface area contributed by atoms with Crippen LogP contribution in [0.2, 0.25) is 5.02 Å². The fourth-order valence-corrected chi connectivity index (χ4v) is 4.56. The van der Waals surface area contributed by atoms with Crippen molar-refractivity contribution in [2.24, 2.45) is 7.05 Å². The van der Waals surface area contributed by atoms with Crippen LogP contribution in [0, 0.1) is 0 Å². The first kappa shape index (κ1) is 21.5. The topological polar surface area (TPSA) is 106 Å². The molecule has 1 atom stereocenters. The second-order valence-corrected chi connectivity index (χ2v) is 9.58. The number of hydrogen-bond acceptors (Lipinski definition) is 5. The average Bonchev–Trinajstić information content (AvgIpc) is 2.95. The molecule has 0 spiro atoms. The van der Waals surface area contributed by atoms with Gasteiger partial charge < -0.3 is 5.32 Å². The molecule has 0 bridgehead atoms. The number of hydrogen-bond donors (Lipinski definition) is 1. The quantitative estimate of drug-likeness (QED) is 0.709. The van der Waals surface area contributed by atoms with Crippen molar-refractivity contribution in [3.8, 4) is 0 Å². The Balaban J connectivity index is 1.69. The fourth-order valence-electron chi connectivity index (χ4n) is 3.45. The van der Waals surface area contributed by atoms with Crippen LogP contribution in [-0.4, -0.2) is 52.3 Å². The van der Waals surface area contributed by atoms with E-state index in [1.54, 1.807) is 19.2 Å². The lowest BCUT2D eigenvalue weighted by atomic mass is 9.99. The van der Waals surface area contributed by atoms with Crippen molar-refractivity contribution in [3.63, 3.8) is 0 Å². The van der Waals surface area contributed by atoms with Gasteiger partial charge in [0.2, 0.25) is 15.9 Å². The Labute approximate surface area is 174 Å². The van der Waals surface area contributed by atoms with Crippen molar-refractivity contribution in [1.82, 2.24) is 24.0 Å². The molecule has 29 heavy (non-hydrogen) atoms. The van der Waals surface area contributed by atoms with Gasteiger partial charge >= 0.3 is 5.69 Å². The second kappa shape index (κ2) is 8.68. The molecular weight excluding hydrogens is 418 g/mol. The van der Waals surface area contributed by atoms with E-state index in [0.29, 0.717) is 23.8 Å². The molecule has 1 aliphatic rings. The Kier molecular flexibility index (Phi) is 6.45. The maximum atomic E-state index is 12.5. The van der Waals surface area contributed by atoms with Crippen molar-refractivity contribution in [2.45, 2.75) is 31.8 Å². The third-order valence-corrected chi connectivity index (χ3v) is 6.66. The van der Waals surface area contributed by atoms with Crippen molar-refractivity contribution < 1.29 is 13.2 Å². The van der Waals surface area contributed by atoms with E-state index < -0.39 is 15.7 Å². The first-order valence-corrected chi connectivity index (χ1v) is 11.5. The van der Waals surface area contributed by atoms with Crippen molar-refractivity contribution >= 4 is 27.5 Å². The minimum atomic E-state index is -3.30. The molecule has 1 fully saturated rings. The second-order valence-electron chi connectivity index (χ2n) is 7.19. The highest BCUT2D eigenvalue weighted by molar-refractivity contribution is 7.88.